The van der Waals surface area contributed by atoms with Crippen molar-refractivity contribution in [2.45, 2.75) is 19.6 Å². The Kier molecular flexibility index (Phi) is 5.67. The Balaban J connectivity index is 1.83. The first-order chi connectivity index (χ1) is 12.9. The molecule has 1 aliphatic rings. The number of ether oxygens (including phenoxy) is 2. The van der Waals surface area contributed by atoms with E-state index >= 15 is 0 Å². The fraction of sp³-hybridized carbons (Fsp3) is 0.316. The summed E-state index contributed by atoms with van der Waals surface area (Å²) in [5.41, 5.74) is 1.97. The topological polar surface area (TPSA) is 84.9 Å². The largest absolute Gasteiger partial charge is 0.476 e. The van der Waals surface area contributed by atoms with Crippen LogP contribution < -0.4 is 14.4 Å². The first-order valence-electron chi connectivity index (χ1n) is 8.59. The summed E-state index contributed by atoms with van der Waals surface area (Å²) in [5.74, 6) is -0.0983. The van der Waals surface area contributed by atoms with Crippen LogP contribution in [0.2, 0.25) is 0 Å². The molecule has 2 aromatic carbocycles. The number of benzene rings is 2. The van der Waals surface area contributed by atoms with Crippen LogP contribution in [0.15, 0.2) is 48.5 Å². The van der Waals surface area contributed by atoms with Crippen molar-refractivity contribution in [3.8, 4) is 5.75 Å². The Hall–Kier alpha value is -2.58. The quantitative estimate of drug-likeness (QED) is 0.819. The summed E-state index contributed by atoms with van der Waals surface area (Å²) in [6.45, 7) is 1.93. The van der Waals surface area contributed by atoms with Gasteiger partial charge < -0.3 is 14.8 Å². The third-order valence-corrected chi connectivity index (χ3v) is 5.98. The molecule has 1 atom stereocenters. The third-order valence-electron chi connectivity index (χ3n) is 4.23. The molecule has 0 bridgehead atoms. The molecule has 27 heavy (non-hydrogen) atoms. The van der Waals surface area contributed by atoms with E-state index in [1.165, 1.54) is 4.31 Å². The van der Waals surface area contributed by atoms with Gasteiger partial charge in [-0.1, -0.05) is 24.3 Å². The maximum Gasteiger partial charge on any atom is 0.267 e. The highest BCUT2D eigenvalue weighted by molar-refractivity contribution is 7.92. The lowest BCUT2D eigenvalue weighted by atomic mass is 10.2. The maximum atomic E-state index is 12.7. The van der Waals surface area contributed by atoms with Crippen molar-refractivity contribution in [3.05, 3.63) is 54.1 Å². The van der Waals surface area contributed by atoms with Gasteiger partial charge in [0, 0.05) is 12.8 Å². The second-order valence-electron chi connectivity index (χ2n) is 6.13. The average Bonchev–Trinajstić information content (AvgIpc) is 2.67. The van der Waals surface area contributed by atoms with Crippen LogP contribution in [0.3, 0.4) is 0 Å². The van der Waals surface area contributed by atoms with Crippen LogP contribution in [0.25, 0.3) is 0 Å². The van der Waals surface area contributed by atoms with Crippen LogP contribution >= 0.6 is 0 Å². The summed E-state index contributed by atoms with van der Waals surface area (Å²) >= 11 is 0. The van der Waals surface area contributed by atoms with Gasteiger partial charge in [0.1, 0.15) is 5.75 Å². The van der Waals surface area contributed by atoms with E-state index in [2.05, 4.69) is 5.32 Å². The average molecular weight is 390 g/mol. The fourth-order valence-corrected chi connectivity index (χ4v) is 4.01. The van der Waals surface area contributed by atoms with Gasteiger partial charge in [0.05, 0.1) is 24.6 Å². The molecule has 0 unspecified atom stereocenters. The SMILES string of the molecule is CCS(=O)(=O)N1C[C@H](C(=O)Nc2cccc(COC)c2)Oc2ccccc21. The first-order valence-corrected chi connectivity index (χ1v) is 10.2. The number of para-hydroxylation sites is 2. The summed E-state index contributed by atoms with van der Waals surface area (Å²) in [7, 11) is -1.93. The van der Waals surface area contributed by atoms with Gasteiger partial charge in [-0.25, -0.2) is 8.42 Å². The number of hydrogen-bond donors (Lipinski definition) is 1. The minimum absolute atomic E-state index is 0.0608. The van der Waals surface area contributed by atoms with Crippen molar-refractivity contribution >= 4 is 27.3 Å². The summed E-state index contributed by atoms with van der Waals surface area (Å²) in [6.07, 6.45) is -0.952. The van der Waals surface area contributed by atoms with E-state index < -0.39 is 22.0 Å². The molecule has 0 aliphatic carbocycles. The number of methoxy groups -OCH3 is 1. The van der Waals surface area contributed by atoms with Gasteiger partial charge in [0.25, 0.3) is 5.91 Å². The Morgan fingerprint density at radius 2 is 2.04 bits per heavy atom. The molecule has 1 aliphatic heterocycles. The predicted molar refractivity (Wildman–Crippen MR) is 103 cm³/mol. The molecule has 0 saturated carbocycles. The molecule has 0 fully saturated rings. The zero-order valence-electron chi connectivity index (χ0n) is 15.2. The maximum absolute atomic E-state index is 12.7. The Morgan fingerprint density at radius 3 is 2.78 bits per heavy atom. The van der Waals surface area contributed by atoms with E-state index in [1.54, 1.807) is 50.4 Å². The zero-order chi connectivity index (χ0) is 19.4. The van der Waals surface area contributed by atoms with Gasteiger partial charge in [0.2, 0.25) is 10.0 Å². The van der Waals surface area contributed by atoms with Crippen molar-refractivity contribution in [1.29, 1.82) is 0 Å². The number of hydrogen-bond acceptors (Lipinski definition) is 5. The van der Waals surface area contributed by atoms with Crippen molar-refractivity contribution in [3.63, 3.8) is 0 Å². The number of anilines is 2. The highest BCUT2D eigenvalue weighted by Gasteiger charge is 2.35. The number of nitrogens with one attached hydrogen (secondary N) is 1. The second-order valence-corrected chi connectivity index (χ2v) is 8.31. The van der Waals surface area contributed by atoms with Gasteiger partial charge >= 0.3 is 0 Å². The summed E-state index contributed by atoms with van der Waals surface area (Å²) in [5, 5.41) is 2.79. The molecular formula is C19H22N2O5S. The van der Waals surface area contributed by atoms with Crippen LogP contribution in [-0.2, 0) is 26.2 Å². The van der Waals surface area contributed by atoms with Crippen molar-refractivity contribution in [2.75, 3.05) is 29.0 Å². The lowest BCUT2D eigenvalue weighted by Crippen LogP contribution is -2.49. The second kappa shape index (κ2) is 7.98. The highest BCUT2D eigenvalue weighted by atomic mass is 32.2. The Morgan fingerprint density at radius 1 is 1.26 bits per heavy atom. The zero-order valence-corrected chi connectivity index (χ0v) is 16.0. The summed E-state index contributed by atoms with van der Waals surface area (Å²) < 4.78 is 37.1. The fourth-order valence-electron chi connectivity index (χ4n) is 2.89. The van der Waals surface area contributed by atoms with E-state index in [0.29, 0.717) is 23.7 Å². The minimum atomic E-state index is -3.53. The molecule has 7 nitrogen and oxygen atoms in total. The number of carbonyl (C=O) groups excluding carboxylic acids is 1. The van der Waals surface area contributed by atoms with Gasteiger partial charge in [-0.3, -0.25) is 9.10 Å². The number of amides is 1. The standard InChI is InChI=1S/C19H22N2O5S/c1-3-27(23,24)21-12-18(26-17-10-5-4-9-16(17)21)19(22)20-15-8-6-7-14(11-15)13-25-2/h4-11,18H,3,12-13H2,1-2H3,(H,20,22)/t18-/m1/s1. The summed E-state index contributed by atoms with van der Waals surface area (Å²) in [6, 6.07) is 14.1. The number of nitrogens with zero attached hydrogens (tertiary/aromatic N) is 1. The monoisotopic (exact) mass is 390 g/mol. The van der Waals surface area contributed by atoms with Crippen molar-refractivity contribution < 1.29 is 22.7 Å². The number of fused-ring (bicyclic) bond motifs is 1. The van der Waals surface area contributed by atoms with Crippen LogP contribution in [0.5, 0.6) is 5.75 Å². The smallest absolute Gasteiger partial charge is 0.267 e. The molecule has 1 heterocycles. The van der Waals surface area contributed by atoms with Crippen molar-refractivity contribution in [2.24, 2.45) is 0 Å². The van der Waals surface area contributed by atoms with E-state index in [9.17, 15) is 13.2 Å². The van der Waals surface area contributed by atoms with E-state index in [4.69, 9.17) is 9.47 Å². The Labute approximate surface area is 158 Å². The molecule has 3 rings (SSSR count). The molecule has 2 aromatic rings. The molecule has 144 valence electrons. The van der Waals surface area contributed by atoms with E-state index in [1.807, 2.05) is 12.1 Å². The number of carbonyl (C=O) groups is 1. The summed E-state index contributed by atoms with van der Waals surface area (Å²) in [4.78, 5) is 12.7. The minimum Gasteiger partial charge on any atom is -0.476 e. The highest BCUT2D eigenvalue weighted by Crippen LogP contribution is 2.35. The van der Waals surface area contributed by atoms with Gasteiger partial charge in [-0.2, -0.15) is 0 Å². The normalized spacial score (nSPS) is 16.4. The predicted octanol–water partition coefficient (Wildman–Crippen LogP) is 2.39. The molecule has 8 heteroatoms. The van der Waals surface area contributed by atoms with Crippen LogP contribution in [0.4, 0.5) is 11.4 Å². The third kappa shape index (κ3) is 4.23. The lowest BCUT2D eigenvalue weighted by molar-refractivity contribution is -0.122. The van der Waals surface area contributed by atoms with Gasteiger partial charge in [-0.05, 0) is 36.8 Å². The van der Waals surface area contributed by atoms with Crippen molar-refractivity contribution in [1.82, 2.24) is 0 Å². The number of rotatable bonds is 6. The number of sulfonamides is 1. The molecule has 1 amide bonds. The molecule has 0 saturated heterocycles. The van der Waals surface area contributed by atoms with Crippen LogP contribution in [0, 0.1) is 0 Å². The molecule has 0 spiro atoms. The van der Waals surface area contributed by atoms with E-state index in [0.717, 1.165) is 5.56 Å². The van der Waals surface area contributed by atoms with Gasteiger partial charge in [0.15, 0.2) is 6.10 Å². The molecule has 0 radical (unpaired) electrons. The lowest BCUT2D eigenvalue weighted by Gasteiger charge is -2.34. The van der Waals surface area contributed by atoms with E-state index in [-0.39, 0.29) is 12.3 Å². The first kappa shape index (κ1) is 19.2. The Bertz CT molecular complexity index is 929. The molecular weight excluding hydrogens is 368 g/mol. The molecule has 1 N–H and O–H groups in total. The van der Waals surface area contributed by atoms with Crippen LogP contribution in [-0.4, -0.2) is 39.8 Å². The van der Waals surface area contributed by atoms with Crippen LogP contribution in [0.1, 0.15) is 12.5 Å². The van der Waals surface area contributed by atoms with Gasteiger partial charge in [-0.15, -0.1) is 0 Å². The molecule has 0 aromatic heterocycles.